The Morgan fingerprint density at radius 1 is 1.58 bits per heavy atom. The number of ether oxygens (including phenoxy) is 1. The van der Waals surface area contributed by atoms with Gasteiger partial charge in [-0.3, -0.25) is 4.79 Å². The molecular weight excluding hydrogens is 152 g/mol. The molecule has 0 aromatic heterocycles. The molecule has 68 valence electrons. The van der Waals surface area contributed by atoms with E-state index in [1.807, 2.05) is 6.92 Å². The summed E-state index contributed by atoms with van der Waals surface area (Å²) in [7, 11) is 0. The van der Waals surface area contributed by atoms with Crippen molar-refractivity contribution in [2.24, 2.45) is 11.8 Å². The van der Waals surface area contributed by atoms with Crippen molar-refractivity contribution >= 4 is 5.78 Å². The van der Waals surface area contributed by atoms with Crippen LogP contribution in [-0.4, -0.2) is 17.5 Å². The highest BCUT2D eigenvalue weighted by Crippen LogP contribution is 2.48. The number of carbonyl (C=O) groups excluding carboxylic acids is 1. The fraction of sp³-hybridized carbons (Fsp3) is 0.900. The summed E-state index contributed by atoms with van der Waals surface area (Å²) in [6.45, 7) is 6.29. The molecule has 1 unspecified atom stereocenters. The number of ketones is 1. The summed E-state index contributed by atoms with van der Waals surface area (Å²) < 4.78 is 5.41. The maximum Gasteiger partial charge on any atom is 0.167 e. The highest BCUT2D eigenvalue weighted by atomic mass is 16.6. The molecule has 0 bridgehead atoms. The van der Waals surface area contributed by atoms with Crippen LogP contribution in [-0.2, 0) is 9.53 Å². The normalized spacial score (nSPS) is 46.2. The van der Waals surface area contributed by atoms with Crippen molar-refractivity contribution in [2.75, 3.05) is 0 Å². The van der Waals surface area contributed by atoms with Crippen LogP contribution < -0.4 is 0 Å². The van der Waals surface area contributed by atoms with E-state index in [0.717, 1.165) is 12.8 Å². The Morgan fingerprint density at radius 3 is 2.83 bits per heavy atom. The smallest absolute Gasteiger partial charge is 0.167 e. The van der Waals surface area contributed by atoms with Gasteiger partial charge >= 0.3 is 0 Å². The van der Waals surface area contributed by atoms with Crippen molar-refractivity contribution in [3.05, 3.63) is 0 Å². The third-order valence-electron chi connectivity index (χ3n) is 3.26. The molecule has 2 aliphatic rings. The van der Waals surface area contributed by atoms with E-state index < -0.39 is 0 Å². The number of hydrogen-bond acceptors (Lipinski definition) is 2. The van der Waals surface area contributed by atoms with Gasteiger partial charge in [-0.2, -0.15) is 0 Å². The van der Waals surface area contributed by atoms with E-state index in [1.54, 1.807) is 0 Å². The van der Waals surface area contributed by atoms with Crippen LogP contribution >= 0.6 is 0 Å². The van der Waals surface area contributed by atoms with Gasteiger partial charge in [-0.15, -0.1) is 0 Å². The molecular formula is C10H16O2. The molecule has 1 saturated carbocycles. The molecule has 2 nitrogen and oxygen atoms in total. The fourth-order valence-electron chi connectivity index (χ4n) is 2.22. The maximum absolute atomic E-state index is 11.7. The van der Waals surface area contributed by atoms with Gasteiger partial charge in [0.25, 0.3) is 0 Å². The summed E-state index contributed by atoms with van der Waals surface area (Å²) in [5.41, 5.74) is -0.0670. The molecule has 1 saturated heterocycles. The summed E-state index contributed by atoms with van der Waals surface area (Å²) in [5, 5.41) is 0. The van der Waals surface area contributed by atoms with Crippen LogP contribution in [0, 0.1) is 11.8 Å². The van der Waals surface area contributed by atoms with Crippen LogP contribution in [0.5, 0.6) is 0 Å². The van der Waals surface area contributed by atoms with Crippen molar-refractivity contribution in [3.8, 4) is 0 Å². The van der Waals surface area contributed by atoms with Gasteiger partial charge in [0.15, 0.2) is 5.78 Å². The maximum atomic E-state index is 11.7. The number of carbonyl (C=O) groups is 1. The third kappa shape index (κ3) is 1.01. The fourth-order valence-corrected chi connectivity index (χ4v) is 2.22. The molecule has 0 radical (unpaired) electrons. The molecule has 0 spiro atoms. The molecule has 2 fully saturated rings. The minimum atomic E-state index is -0.0670. The van der Waals surface area contributed by atoms with Gasteiger partial charge in [0, 0.05) is 5.92 Å². The van der Waals surface area contributed by atoms with Crippen molar-refractivity contribution in [2.45, 2.75) is 45.3 Å². The molecule has 1 aliphatic carbocycles. The highest BCUT2D eigenvalue weighted by Gasteiger charge is 2.60. The first-order valence-corrected chi connectivity index (χ1v) is 4.76. The van der Waals surface area contributed by atoms with Gasteiger partial charge in [-0.05, 0) is 25.7 Å². The molecule has 3 atom stereocenters. The van der Waals surface area contributed by atoms with Crippen LogP contribution in [0.4, 0.5) is 0 Å². The van der Waals surface area contributed by atoms with Crippen LogP contribution in [0.15, 0.2) is 0 Å². The molecule has 0 amide bonds. The van der Waals surface area contributed by atoms with Crippen LogP contribution in [0.1, 0.15) is 33.6 Å². The number of rotatable bonds is 1. The molecule has 0 aromatic rings. The zero-order valence-electron chi connectivity index (χ0n) is 7.96. The predicted octanol–water partition coefficient (Wildman–Crippen LogP) is 1.78. The largest absolute Gasteiger partial charge is 0.358 e. The molecule has 1 aliphatic heterocycles. The Labute approximate surface area is 73.3 Å². The monoisotopic (exact) mass is 168 g/mol. The van der Waals surface area contributed by atoms with E-state index in [4.69, 9.17) is 4.74 Å². The van der Waals surface area contributed by atoms with Crippen molar-refractivity contribution in [1.82, 2.24) is 0 Å². The van der Waals surface area contributed by atoms with Gasteiger partial charge in [0.05, 0.1) is 5.60 Å². The second kappa shape index (κ2) is 2.32. The molecule has 0 aromatic carbocycles. The summed E-state index contributed by atoms with van der Waals surface area (Å²) >= 11 is 0. The Morgan fingerprint density at radius 2 is 2.25 bits per heavy atom. The average molecular weight is 168 g/mol. The first-order chi connectivity index (χ1) is 5.54. The minimum absolute atomic E-state index is 0.0568. The van der Waals surface area contributed by atoms with Crippen molar-refractivity contribution in [1.29, 1.82) is 0 Å². The first-order valence-electron chi connectivity index (χ1n) is 4.76. The molecule has 2 rings (SSSR count). The first kappa shape index (κ1) is 8.24. The quantitative estimate of drug-likeness (QED) is 0.558. The molecule has 2 heteroatoms. The molecule has 1 heterocycles. The number of fused-ring (bicyclic) bond motifs is 1. The summed E-state index contributed by atoms with van der Waals surface area (Å²) in [5.74, 6) is 1.08. The topological polar surface area (TPSA) is 29.6 Å². The number of epoxide rings is 1. The lowest BCUT2D eigenvalue weighted by Crippen LogP contribution is -2.34. The van der Waals surface area contributed by atoms with E-state index in [9.17, 15) is 4.79 Å². The summed E-state index contributed by atoms with van der Waals surface area (Å²) in [6.07, 6.45) is 2.02. The molecule has 0 N–H and O–H groups in total. The van der Waals surface area contributed by atoms with Gasteiger partial charge in [-0.1, -0.05) is 13.8 Å². The number of hydrogen-bond donors (Lipinski definition) is 0. The Kier molecular flexibility index (Phi) is 1.59. The van der Waals surface area contributed by atoms with Crippen LogP contribution in [0.25, 0.3) is 0 Å². The van der Waals surface area contributed by atoms with E-state index >= 15 is 0 Å². The average Bonchev–Trinajstić information content (AvgIpc) is 2.62. The number of Topliss-reactive ketones (excluding diaryl/α,β-unsaturated/α-hetero) is 1. The van der Waals surface area contributed by atoms with Gasteiger partial charge < -0.3 is 4.74 Å². The minimum Gasteiger partial charge on any atom is -0.358 e. The lowest BCUT2D eigenvalue weighted by molar-refractivity contribution is -0.126. The van der Waals surface area contributed by atoms with Crippen LogP contribution in [0.3, 0.4) is 0 Å². The highest BCUT2D eigenvalue weighted by molar-refractivity contribution is 5.90. The zero-order chi connectivity index (χ0) is 8.93. The van der Waals surface area contributed by atoms with Gasteiger partial charge in [0.2, 0.25) is 0 Å². The zero-order valence-corrected chi connectivity index (χ0v) is 7.96. The standard InChI is InChI=1S/C10H16O2/c1-6(2)7-4-5-10(3)9(12-10)8(7)11/h6-7,9H,4-5H2,1-3H3/t7?,9-,10-/m0/s1. The lowest BCUT2D eigenvalue weighted by Gasteiger charge is -2.23. The second-order valence-corrected chi connectivity index (χ2v) is 4.60. The predicted molar refractivity (Wildman–Crippen MR) is 45.8 cm³/mol. The second-order valence-electron chi connectivity index (χ2n) is 4.60. The Bertz CT molecular complexity index is 222. The lowest BCUT2D eigenvalue weighted by atomic mass is 9.77. The Hall–Kier alpha value is -0.370. The van der Waals surface area contributed by atoms with Gasteiger partial charge in [0.1, 0.15) is 6.10 Å². The van der Waals surface area contributed by atoms with Crippen LogP contribution in [0.2, 0.25) is 0 Å². The van der Waals surface area contributed by atoms with E-state index in [0.29, 0.717) is 11.7 Å². The van der Waals surface area contributed by atoms with E-state index in [-0.39, 0.29) is 17.6 Å². The van der Waals surface area contributed by atoms with Crippen molar-refractivity contribution in [3.63, 3.8) is 0 Å². The SMILES string of the molecule is CC(C)C1CC[C@]2(C)O[C@H]2C1=O. The third-order valence-corrected chi connectivity index (χ3v) is 3.26. The van der Waals surface area contributed by atoms with Crippen molar-refractivity contribution < 1.29 is 9.53 Å². The summed E-state index contributed by atoms with van der Waals surface area (Å²) in [6, 6.07) is 0. The van der Waals surface area contributed by atoms with E-state index in [2.05, 4.69) is 13.8 Å². The van der Waals surface area contributed by atoms with E-state index in [1.165, 1.54) is 0 Å². The molecule has 12 heavy (non-hydrogen) atoms. The van der Waals surface area contributed by atoms with Gasteiger partial charge in [-0.25, -0.2) is 0 Å². The Balaban J connectivity index is 2.10. The summed E-state index contributed by atoms with van der Waals surface area (Å²) in [4.78, 5) is 11.7.